The number of amides is 2. The fraction of sp³-hybridized carbons (Fsp3) is 0.522. The van der Waals surface area contributed by atoms with Gasteiger partial charge in [0.1, 0.15) is 0 Å². The number of rotatable bonds is 7. The maximum Gasteiger partial charge on any atom is 0.241 e. The van der Waals surface area contributed by atoms with E-state index in [-0.39, 0.29) is 17.9 Å². The third-order valence-electron chi connectivity index (χ3n) is 6.18. The van der Waals surface area contributed by atoms with Crippen molar-refractivity contribution in [1.82, 2.24) is 24.9 Å². The molecule has 8 heteroatoms. The zero-order chi connectivity index (χ0) is 22.0. The van der Waals surface area contributed by atoms with Crippen molar-refractivity contribution in [3.8, 4) is 5.69 Å². The Morgan fingerprint density at radius 2 is 1.77 bits per heavy atom. The summed E-state index contributed by atoms with van der Waals surface area (Å²) in [4.78, 5) is 29.3. The molecule has 166 valence electrons. The van der Waals surface area contributed by atoms with Gasteiger partial charge >= 0.3 is 0 Å². The van der Waals surface area contributed by atoms with Crippen LogP contribution in [0.1, 0.15) is 31.2 Å². The molecule has 1 aliphatic carbocycles. The number of anilines is 1. The van der Waals surface area contributed by atoms with Crippen molar-refractivity contribution in [2.45, 2.75) is 45.7 Å². The van der Waals surface area contributed by atoms with Gasteiger partial charge in [-0.2, -0.15) is 5.10 Å². The van der Waals surface area contributed by atoms with Gasteiger partial charge in [0.25, 0.3) is 0 Å². The molecule has 4 rings (SSSR count). The zero-order valence-corrected chi connectivity index (χ0v) is 18.6. The van der Waals surface area contributed by atoms with E-state index in [2.05, 4.69) is 25.5 Å². The summed E-state index contributed by atoms with van der Waals surface area (Å²) in [5, 5.41) is 10.7. The Bertz CT molecular complexity index is 929. The average Bonchev–Trinajstić information content (AvgIpc) is 3.54. The molecule has 1 saturated carbocycles. The molecule has 0 spiro atoms. The molecule has 1 atom stereocenters. The van der Waals surface area contributed by atoms with Gasteiger partial charge in [-0.15, -0.1) is 0 Å². The summed E-state index contributed by atoms with van der Waals surface area (Å²) in [6, 6.07) is 10.1. The standard InChI is InChI=1S/C23H32N6O2/c1-16-22(17(2)29(26-16)20-7-5-4-6-8-20)25-23(31)18(3)28-13-11-27(12-14-28)15-21(30)24-19-9-10-19/h4-8,18-19H,9-15H2,1-3H3,(H,24,30)(H,25,31). The minimum Gasteiger partial charge on any atom is -0.352 e. The van der Waals surface area contributed by atoms with E-state index in [0.717, 1.165) is 61.8 Å². The van der Waals surface area contributed by atoms with E-state index in [1.165, 1.54) is 0 Å². The van der Waals surface area contributed by atoms with Crippen LogP contribution in [0.4, 0.5) is 5.69 Å². The average molecular weight is 425 g/mol. The Hall–Kier alpha value is -2.71. The van der Waals surface area contributed by atoms with Crippen LogP contribution in [0, 0.1) is 13.8 Å². The highest BCUT2D eigenvalue weighted by Crippen LogP contribution is 2.23. The highest BCUT2D eigenvalue weighted by Gasteiger charge is 2.29. The maximum atomic E-state index is 13.0. The Labute approximate surface area is 183 Å². The smallest absolute Gasteiger partial charge is 0.241 e. The summed E-state index contributed by atoms with van der Waals surface area (Å²) < 4.78 is 1.86. The quantitative estimate of drug-likeness (QED) is 0.707. The van der Waals surface area contributed by atoms with Gasteiger partial charge in [-0.1, -0.05) is 18.2 Å². The van der Waals surface area contributed by atoms with Gasteiger partial charge in [0, 0.05) is 32.2 Å². The largest absolute Gasteiger partial charge is 0.352 e. The highest BCUT2D eigenvalue weighted by molar-refractivity contribution is 5.95. The zero-order valence-electron chi connectivity index (χ0n) is 18.6. The Kier molecular flexibility index (Phi) is 6.38. The lowest BCUT2D eigenvalue weighted by Gasteiger charge is -2.37. The summed E-state index contributed by atoms with van der Waals surface area (Å²) in [5.41, 5.74) is 3.46. The van der Waals surface area contributed by atoms with E-state index < -0.39 is 0 Å². The highest BCUT2D eigenvalue weighted by atomic mass is 16.2. The number of benzene rings is 1. The van der Waals surface area contributed by atoms with Crippen molar-refractivity contribution in [1.29, 1.82) is 0 Å². The van der Waals surface area contributed by atoms with Crippen molar-refractivity contribution in [3.05, 3.63) is 41.7 Å². The first-order chi connectivity index (χ1) is 14.9. The van der Waals surface area contributed by atoms with Crippen molar-refractivity contribution >= 4 is 17.5 Å². The molecule has 8 nitrogen and oxygen atoms in total. The molecule has 2 aliphatic rings. The molecule has 31 heavy (non-hydrogen) atoms. The number of aromatic nitrogens is 2. The van der Waals surface area contributed by atoms with Crippen LogP contribution >= 0.6 is 0 Å². The number of carbonyl (C=O) groups is 2. The molecule has 2 aromatic rings. The van der Waals surface area contributed by atoms with Crippen molar-refractivity contribution in [3.63, 3.8) is 0 Å². The van der Waals surface area contributed by atoms with Gasteiger partial charge in [0.2, 0.25) is 11.8 Å². The molecule has 2 fully saturated rings. The first kappa shape index (κ1) is 21.5. The van der Waals surface area contributed by atoms with Gasteiger partial charge in [-0.3, -0.25) is 19.4 Å². The van der Waals surface area contributed by atoms with Crippen molar-refractivity contribution < 1.29 is 9.59 Å². The van der Waals surface area contributed by atoms with Crippen LogP contribution in [-0.2, 0) is 9.59 Å². The van der Waals surface area contributed by atoms with Gasteiger partial charge in [0.05, 0.1) is 35.3 Å². The molecule has 1 aliphatic heterocycles. The molecule has 1 saturated heterocycles. The van der Waals surface area contributed by atoms with Crippen LogP contribution < -0.4 is 10.6 Å². The van der Waals surface area contributed by atoms with Gasteiger partial charge < -0.3 is 10.6 Å². The maximum absolute atomic E-state index is 13.0. The van der Waals surface area contributed by atoms with E-state index in [1.54, 1.807) is 0 Å². The summed E-state index contributed by atoms with van der Waals surface area (Å²) in [6.45, 7) is 9.40. The van der Waals surface area contributed by atoms with E-state index in [9.17, 15) is 9.59 Å². The Morgan fingerprint density at radius 3 is 2.42 bits per heavy atom. The molecule has 1 aromatic heterocycles. The second-order valence-electron chi connectivity index (χ2n) is 8.61. The monoisotopic (exact) mass is 424 g/mol. The van der Waals surface area contributed by atoms with Crippen LogP contribution in [0.25, 0.3) is 5.69 Å². The SMILES string of the molecule is Cc1nn(-c2ccccc2)c(C)c1NC(=O)C(C)N1CCN(CC(=O)NC2CC2)CC1. The van der Waals surface area contributed by atoms with E-state index in [0.29, 0.717) is 12.6 Å². The molecule has 0 radical (unpaired) electrons. The number of hydrogen-bond acceptors (Lipinski definition) is 5. The minimum atomic E-state index is -0.249. The number of carbonyl (C=O) groups excluding carboxylic acids is 2. The number of para-hydroxylation sites is 1. The number of hydrogen-bond donors (Lipinski definition) is 2. The molecule has 1 unspecified atom stereocenters. The summed E-state index contributed by atoms with van der Waals surface area (Å²) in [5.74, 6) is 0.0851. The van der Waals surface area contributed by atoms with E-state index in [1.807, 2.05) is 55.8 Å². The molecular weight excluding hydrogens is 392 g/mol. The van der Waals surface area contributed by atoms with Crippen LogP contribution in [0.3, 0.4) is 0 Å². The lowest BCUT2D eigenvalue weighted by molar-refractivity contribution is -0.124. The van der Waals surface area contributed by atoms with Crippen LogP contribution in [0.15, 0.2) is 30.3 Å². The number of nitrogens with one attached hydrogen (secondary N) is 2. The third-order valence-corrected chi connectivity index (χ3v) is 6.18. The molecule has 2 amide bonds. The summed E-state index contributed by atoms with van der Waals surface area (Å²) in [7, 11) is 0. The molecule has 1 aromatic carbocycles. The predicted molar refractivity (Wildman–Crippen MR) is 120 cm³/mol. The van der Waals surface area contributed by atoms with Gasteiger partial charge in [0.15, 0.2) is 0 Å². The minimum absolute atomic E-state index is 0.0289. The number of piperazine rings is 1. The number of nitrogens with zero attached hydrogens (tertiary/aromatic N) is 4. The van der Waals surface area contributed by atoms with Crippen molar-refractivity contribution in [2.24, 2.45) is 0 Å². The first-order valence-electron chi connectivity index (χ1n) is 11.1. The topological polar surface area (TPSA) is 82.5 Å². The molecule has 2 heterocycles. The second-order valence-corrected chi connectivity index (χ2v) is 8.61. The Morgan fingerprint density at radius 1 is 1.10 bits per heavy atom. The van der Waals surface area contributed by atoms with E-state index in [4.69, 9.17) is 0 Å². The normalized spacial score (nSPS) is 18.5. The van der Waals surface area contributed by atoms with Crippen LogP contribution in [0.2, 0.25) is 0 Å². The summed E-state index contributed by atoms with van der Waals surface area (Å²) in [6.07, 6.45) is 2.21. The first-order valence-corrected chi connectivity index (χ1v) is 11.1. The molecule has 0 bridgehead atoms. The third kappa shape index (κ3) is 5.14. The predicted octanol–water partition coefficient (Wildman–Crippen LogP) is 1.71. The fourth-order valence-electron chi connectivity index (χ4n) is 4.05. The fourth-order valence-corrected chi connectivity index (χ4v) is 4.05. The van der Waals surface area contributed by atoms with Gasteiger partial charge in [-0.25, -0.2) is 4.68 Å². The number of aryl methyl sites for hydroxylation is 1. The van der Waals surface area contributed by atoms with Crippen molar-refractivity contribution in [2.75, 3.05) is 38.0 Å². The van der Waals surface area contributed by atoms with Crippen LogP contribution in [0.5, 0.6) is 0 Å². The van der Waals surface area contributed by atoms with Gasteiger partial charge in [-0.05, 0) is 45.7 Å². The summed E-state index contributed by atoms with van der Waals surface area (Å²) >= 11 is 0. The van der Waals surface area contributed by atoms with Crippen LogP contribution in [-0.4, -0.2) is 76.2 Å². The molecule has 2 N–H and O–H groups in total. The van der Waals surface area contributed by atoms with E-state index >= 15 is 0 Å². The lowest BCUT2D eigenvalue weighted by atomic mass is 10.2. The molecular formula is C23H32N6O2. The Balaban J connectivity index is 1.32. The lowest BCUT2D eigenvalue weighted by Crippen LogP contribution is -2.54. The second kappa shape index (κ2) is 9.20.